The number of carbonyl (C=O) groups is 1. The van der Waals surface area contributed by atoms with Gasteiger partial charge in [-0.05, 0) is 12.1 Å². The third-order valence-corrected chi connectivity index (χ3v) is 3.60. The van der Waals surface area contributed by atoms with Crippen LogP contribution in [0.5, 0.6) is 11.5 Å². The van der Waals surface area contributed by atoms with E-state index in [-0.39, 0.29) is 11.9 Å². The first-order chi connectivity index (χ1) is 10.7. The fourth-order valence-electron chi connectivity index (χ4n) is 2.27. The van der Waals surface area contributed by atoms with Gasteiger partial charge < -0.3 is 24.4 Å². The van der Waals surface area contributed by atoms with E-state index in [1.807, 2.05) is 24.3 Å². The first kappa shape index (κ1) is 16.6. The van der Waals surface area contributed by atoms with Gasteiger partial charge in [-0.1, -0.05) is 12.1 Å². The molecule has 0 saturated carbocycles. The molecular weight excluding hydrogens is 284 g/mol. The average molecular weight is 308 g/mol. The predicted molar refractivity (Wildman–Crippen MR) is 83.4 cm³/mol. The number of methoxy groups -OCH3 is 1. The maximum Gasteiger partial charge on any atom is 0.224 e. The molecule has 1 atom stereocenters. The van der Waals surface area contributed by atoms with Crippen LogP contribution in [0.3, 0.4) is 0 Å². The Hall–Kier alpha value is -1.79. The van der Waals surface area contributed by atoms with E-state index in [1.165, 1.54) is 0 Å². The second-order valence-corrected chi connectivity index (χ2v) is 5.24. The summed E-state index contributed by atoms with van der Waals surface area (Å²) in [5, 5.41) is 3.28. The van der Waals surface area contributed by atoms with Crippen LogP contribution in [0.4, 0.5) is 0 Å². The average Bonchev–Trinajstić information content (AvgIpc) is 2.56. The molecular formula is C16H24N2O4. The van der Waals surface area contributed by atoms with Crippen molar-refractivity contribution in [3.8, 4) is 11.5 Å². The number of rotatable bonds is 7. The normalized spacial score (nSPS) is 17.8. The molecule has 6 nitrogen and oxygen atoms in total. The monoisotopic (exact) mass is 308 g/mol. The molecule has 1 aliphatic rings. The van der Waals surface area contributed by atoms with Crippen molar-refractivity contribution < 1.29 is 19.0 Å². The van der Waals surface area contributed by atoms with Gasteiger partial charge in [0.2, 0.25) is 5.91 Å². The molecule has 1 aromatic carbocycles. The third kappa shape index (κ3) is 4.89. The molecule has 0 aliphatic carbocycles. The lowest BCUT2D eigenvalue weighted by Crippen LogP contribution is -2.45. The van der Waals surface area contributed by atoms with Crippen molar-refractivity contribution in [2.45, 2.75) is 12.5 Å². The van der Waals surface area contributed by atoms with Crippen LogP contribution in [0.15, 0.2) is 24.3 Å². The number of para-hydroxylation sites is 2. The maximum atomic E-state index is 12.1. The Morgan fingerprint density at radius 1 is 1.41 bits per heavy atom. The minimum atomic E-state index is 0.0895. The molecule has 1 aromatic rings. The zero-order valence-corrected chi connectivity index (χ0v) is 13.2. The number of ether oxygens (including phenoxy) is 3. The van der Waals surface area contributed by atoms with Gasteiger partial charge in [0.25, 0.3) is 0 Å². The van der Waals surface area contributed by atoms with Gasteiger partial charge in [-0.3, -0.25) is 4.79 Å². The standard InChI is InChI=1S/C16H24N2O4/c1-18(16(19)11-13-12-21-9-7-17-13)8-10-22-15-6-4-3-5-14(15)20-2/h3-6,13,17H,7-12H2,1-2H3. The quantitative estimate of drug-likeness (QED) is 0.811. The topological polar surface area (TPSA) is 60.0 Å². The molecule has 0 bridgehead atoms. The molecule has 22 heavy (non-hydrogen) atoms. The highest BCUT2D eigenvalue weighted by molar-refractivity contribution is 5.76. The smallest absolute Gasteiger partial charge is 0.224 e. The number of hydrogen-bond donors (Lipinski definition) is 1. The maximum absolute atomic E-state index is 12.1. The van der Waals surface area contributed by atoms with E-state index in [2.05, 4.69) is 5.32 Å². The van der Waals surface area contributed by atoms with Gasteiger partial charge in [-0.25, -0.2) is 0 Å². The summed E-state index contributed by atoms with van der Waals surface area (Å²) in [6, 6.07) is 7.59. The highest BCUT2D eigenvalue weighted by Crippen LogP contribution is 2.25. The Morgan fingerprint density at radius 3 is 2.86 bits per heavy atom. The lowest BCUT2D eigenvalue weighted by Gasteiger charge is -2.25. The Bertz CT molecular complexity index is 475. The number of morpholine rings is 1. The van der Waals surface area contributed by atoms with Gasteiger partial charge in [0.05, 0.1) is 26.9 Å². The van der Waals surface area contributed by atoms with E-state index in [0.29, 0.717) is 44.3 Å². The van der Waals surface area contributed by atoms with Crippen LogP contribution in [0.25, 0.3) is 0 Å². The van der Waals surface area contributed by atoms with Crippen LogP contribution >= 0.6 is 0 Å². The fourth-order valence-corrected chi connectivity index (χ4v) is 2.27. The molecule has 1 heterocycles. The van der Waals surface area contributed by atoms with E-state index < -0.39 is 0 Å². The second kappa shape index (κ2) is 8.60. The lowest BCUT2D eigenvalue weighted by molar-refractivity contribution is -0.131. The molecule has 1 saturated heterocycles. The molecule has 6 heteroatoms. The summed E-state index contributed by atoms with van der Waals surface area (Å²) >= 11 is 0. The number of benzene rings is 1. The number of hydrogen-bond acceptors (Lipinski definition) is 5. The van der Waals surface area contributed by atoms with Crippen molar-refractivity contribution in [1.82, 2.24) is 10.2 Å². The number of likely N-dealkylation sites (N-methyl/N-ethyl adjacent to an activating group) is 1. The molecule has 122 valence electrons. The highest BCUT2D eigenvalue weighted by Gasteiger charge is 2.19. The molecule has 1 N–H and O–H groups in total. The second-order valence-electron chi connectivity index (χ2n) is 5.24. The van der Waals surface area contributed by atoms with Gasteiger partial charge in [0.15, 0.2) is 11.5 Å². The van der Waals surface area contributed by atoms with E-state index in [1.54, 1.807) is 19.1 Å². The van der Waals surface area contributed by atoms with Crippen LogP contribution in [-0.4, -0.2) is 63.9 Å². The zero-order chi connectivity index (χ0) is 15.8. The first-order valence-corrected chi connectivity index (χ1v) is 7.51. The largest absolute Gasteiger partial charge is 0.493 e. The lowest BCUT2D eigenvalue weighted by atomic mass is 10.2. The third-order valence-electron chi connectivity index (χ3n) is 3.60. The molecule has 1 fully saturated rings. The van der Waals surface area contributed by atoms with Crippen LogP contribution in [0.2, 0.25) is 0 Å². The summed E-state index contributed by atoms with van der Waals surface area (Å²) in [5.41, 5.74) is 0. The van der Waals surface area contributed by atoms with Crippen molar-refractivity contribution >= 4 is 5.91 Å². The summed E-state index contributed by atoms with van der Waals surface area (Å²) < 4.78 is 16.3. The number of carbonyl (C=O) groups excluding carboxylic acids is 1. The minimum Gasteiger partial charge on any atom is -0.493 e. The molecule has 0 radical (unpaired) electrons. The van der Waals surface area contributed by atoms with E-state index in [0.717, 1.165) is 6.54 Å². The fraction of sp³-hybridized carbons (Fsp3) is 0.562. The number of amides is 1. The summed E-state index contributed by atoms with van der Waals surface area (Å²) in [6.45, 7) is 3.07. The van der Waals surface area contributed by atoms with Gasteiger partial charge >= 0.3 is 0 Å². The van der Waals surface area contributed by atoms with Crippen LogP contribution in [0.1, 0.15) is 6.42 Å². The molecule has 1 aliphatic heterocycles. The van der Waals surface area contributed by atoms with Crippen molar-refractivity contribution in [2.24, 2.45) is 0 Å². The number of nitrogens with one attached hydrogen (secondary N) is 1. The van der Waals surface area contributed by atoms with Crippen LogP contribution in [-0.2, 0) is 9.53 Å². The first-order valence-electron chi connectivity index (χ1n) is 7.51. The van der Waals surface area contributed by atoms with Crippen LogP contribution < -0.4 is 14.8 Å². The van der Waals surface area contributed by atoms with E-state index >= 15 is 0 Å². The van der Waals surface area contributed by atoms with E-state index in [9.17, 15) is 4.79 Å². The van der Waals surface area contributed by atoms with Crippen molar-refractivity contribution in [3.05, 3.63) is 24.3 Å². The molecule has 2 rings (SSSR count). The van der Waals surface area contributed by atoms with Gasteiger partial charge in [0, 0.05) is 26.1 Å². The number of nitrogens with zero attached hydrogens (tertiary/aromatic N) is 1. The van der Waals surface area contributed by atoms with E-state index in [4.69, 9.17) is 14.2 Å². The Balaban J connectivity index is 1.72. The Morgan fingerprint density at radius 2 is 2.18 bits per heavy atom. The van der Waals surface area contributed by atoms with Gasteiger partial charge in [-0.15, -0.1) is 0 Å². The van der Waals surface area contributed by atoms with Gasteiger partial charge in [0.1, 0.15) is 6.61 Å². The van der Waals surface area contributed by atoms with Gasteiger partial charge in [-0.2, -0.15) is 0 Å². The summed E-state index contributed by atoms with van der Waals surface area (Å²) in [5.74, 6) is 1.47. The minimum absolute atomic E-state index is 0.0895. The van der Waals surface area contributed by atoms with Crippen molar-refractivity contribution in [2.75, 3.05) is 47.1 Å². The zero-order valence-electron chi connectivity index (χ0n) is 13.2. The summed E-state index contributed by atoms with van der Waals surface area (Å²) in [4.78, 5) is 13.8. The predicted octanol–water partition coefficient (Wildman–Crippen LogP) is 0.911. The van der Waals surface area contributed by atoms with Crippen molar-refractivity contribution in [3.63, 3.8) is 0 Å². The molecule has 0 aromatic heterocycles. The Kier molecular flexibility index (Phi) is 6.48. The Labute approximate surface area is 131 Å². The summed E-state index contributed by atoms with van der Waals surface area (Å²) in [6.07, 6.45) is 0.450. The molecule has 1 unspecified atom stereocenters. The van der Waals surface area contributed by atoms with Crippen molar-refractivity contribution in [1.29, 1.82) is 0 Å². The molecule has 1 amide bonds. The highest BCUT2D eigenvalue weighted by atomic mass is 16.5. The summed E-state index contributed by atoms with van der Waals surface area (Å²) in [7, 11) is 3.40. The van der Waals surface area contributed by atoms with Crippen LogP contribution in [0, 0.1) is 0 Å². The molecule has 0 spiro atoms. The SMILES string of the molecule is COc1ccccc1OCCN(C)C(=O)CC1COCCN1.